The first kappa shape index (κ1) is 17.1. The van der Waals surface area contributed by atoms with E-state index >= 15 is 0 Å². The van der Waals surface area contributed by atoms with Crippen LogP contribution < -0.4 is 11.4 Å². The van der Waals surface area contributed by atoms with Crippen LogP contribution >= 0.6 is 0 Å². The molecule has 0 aliphatic carbocycles. The summed E-state index contributed by atoms with van der Waals surface area (Å²) in [5.74, 6) is -0.586. The first-order valence-electron chi connectivity index (χ1n) is 8.01. The summed E-state index contributed by atoms with van der Waals surface area (Å²) < 4.78 is 40.9. The number of alkyl halides is 3. The van der Waals surface area contributed by atoms with E-state index in [4.69, 9.17) is 0 Å². The van der Waals surface area contributed by atoms with Gasteiger partial charge in [0.2, 0.25) is 0 Å². The number of hydrogen-bond acceptors (Lipinski definition) is 3. The van der Waals surface area contributed by atoms with Gasteiger partial charge in [0.25, 0.3) is 5.91 Å². The van der Waals surface area contributed by atoms with Crippen molar-refractivity contribution in [3.63, 3.8) is 0 Å². The van der Waals surface area contributed by atoms with Crippen LogP contribution in [-0.4, -0.2) is 19.8 Å². The molecule has 1 atom stereocenters. The molecule has 1 aromatic heterocycles. The molecule has 0 bridgehead atoms. The van der Waals surface area contributed by atoms with Crippen molar-refractivity contribution in [2.75, 3.05) is 0 Å². The van der Waals surface area contributed by atoms with E-state index in [-0.39, 0.29) is 6.42 Å². The molecule has 138 valence electrons. The molecule has 1 aliphatic rings. The fourth-order valence-electron chi connectivity index (χ4n) is 3.25. The van der Waals surface area contributed by atoms with Crippen molar-refractivity contribution in [2.24, 2.45) is 0 Å². The third kappa shape index (κ3) is 2.62. The molecule has 0 saturated carbocycles. The Morgan fingerprint density at radius 1 is 0.852 bits per heavy atom. The van der Waals surface area contributed by atoms with Crippen molar-refractivity contribution in [3.8, 4) is 5.69 Å². The van der Waals surface area contributed by atoms with Crippen LogP contribution in [-0.2, 0) is 6.18 Å². The average Bonchev–Trinajstić information content (AvgIpc) is 3.11. The maximum Gasteiger partial charge on any atom is 0.416 e. The highest BCUT2D eigenvalue weighted by atomic mass is 19.4. The number of aromatic nitrogens is 3. The molecule has 0 radical (unpaired) electrons. The number of nitrogens with zero attached hydrogens (tertiary/aromatic N) is 3. The molecule has 1 aliphatic heterocycles. The maximum absolute atomic E-state index is 12.8. The smallest absolute Gasteiger partial charge is 0.272 e. The summed E-state index contributed by atoms with van der Waals surface area (Å²) in [6, 6.07) is 11.5. The standard InChI is InChI=1S/C18H12F3N3O3/c19-18(20,21)12-8-6-11(7-9-12)14-10-15(25)24-17(27)22(16(26)23(14)24)13-4-2-1-3-5-13/h1-9,14H,10H2. The minimum Gasteiger partial charge on any atom is -0.272 e. The van der Waals surface area contributed by atoms with Crippen LogP contribution in [0.3, 0.4) is 0 Å². The highest BCUT2D eigenvalue weighted by Crippen LogP contribution is 2.32. The van der Waals surface area contributed by atoms with Crippen LogP contribution in [0.5, 0.6) is 0 Å². The lowest BCUT2D eigenvalue weighted by molar-refractivity contribution is -0.137. The molecule has 1 unspecified atom stereocenters. The second-order valence-corrected chi connectivity index (χ2v) is 6.13. The second kappa shape index (κ2) is 5.83. The highest BCUT2D eigenvalue weighted by Gasteiger charge is 2.36. The minimum absolute atomic E-state index is 0.175. The van der Waals surface area contributed by atoms with Gasteiger partial charge in [0.05, 0.1) is 23.7 Å². The van der Waals surface area contributed by atoms with Gasteiger partial charge in [-0.2, -0.15) is 17.9 Å². The summed E-state index contributed by atoms with van der Waals surface area (Å²) >= 11 is 0. The van der Waals surface area contributed by atoms with Crippen molar-refractivity contribution < 1.29 is 18.0 Å². The first-order chi connectivity index (χ1) is 12.8. The number of halogens is 3. The Morgan fingerprint density at radius 2 is 1.48 bits per heavy atom. The summed E-state index contributed by atoms with van der Waals surface area (Å²) in [6.07, 6.45) is -4.66. The number of fused-ring (bicyclic) bond motifs is 1. The molecular formula is C18H12F3N3O3. The molecule has 6 nitrogen and oxygen atoms in total. The van der Waals surface area contributed by atoms with Gasteiger partial charge >= 0.3 is 17.6 Å². The summed E-state index contributed by atoms with van der Waals surface area (Å²) in [5.41, 5.74) is -1.70. The SMILES string of the molecule is O=C1CC(c2ccc(C(F)(F)F)cc2)n2c(=O)n(-c3ccccc3)c(=O)n21. The number of para-hydroxylation sites is 1. The Balaban J connectivity index is 1.85. The molecular weight excluding hydrogens is 363 g/mol. The molecule has 0 amide bonds. The molecule has 3 aromatic rings. The van der Waals surface area contributed by atoms with Crippen LogP contribution in [0.25, 0.3) is 5.69 Å². The van der Waals surface area contributed by atoms with Gasteiger partial charge in [-0.25, -0.2) is 18.8 Å². The largest absolute Gasteiger partial charge is 0.416 e. The van der Waals surface area contributed by atoms with E-state index in [1.165, 1.54) is 12.1 Å². The molecule has 2 aromatic carbocycles. The van der Waals surface area contributed by atoms with Crippen LogP contribution in [0, 0.1) is 0 Å². The lowest BCUT2D eigenvalue weighted by Crippen LogP contribution is -2.30. The fraction of sp³-hybridized carbons (Fsp3) is 0.167. The van der Waals surface area contributed by atoms with E-state index in [9.17, 15) is 27.6 Å². The van der Waals surface area contributed by atoms with Gasteiger partial charge < -0.3 is 0 Å². The molecule has 0 spiro atoms. The van der Waals surface area contributed by atoms with Gasteiger partial charge in [0.1, 0.15) is 0 Å². The van der Waals surface area contributed by atoms with Crippen molar-refractivity contribution in [1.29, 1.82) is 0 Å². The number of hydrogen-bond donors (Lipinski definition) is 0. The maximum atomic E-state index is 12.8. The van der Waals surface area contributed by atoms with Crippen LogP contribution in [0.2, 0.25) is 0 Å². The number of carbonyl (C=O) groups is 1. The lowest BCUT2D eigenvalue weighted by atomic mass is 10.0. The fourth-order valence-corrected chi connectivity index (χ4v) is 3.25. The van der Waals surface area contributed by atoms with Crippen LogP contribution in [0.1, 0.15) is 28.4 Å². The zero-order valence-electron chi connectivity index (χ0n) is 13.7. The Labute approximate surface area is 149 Å². The molecule has 0 fully saturated rings. The molecule has 9 heteroatoms. The molecule has 0 N–H and O–H groups in total. The van der Waals surface area contributed by atoms with Gasteiger partial charge in [-0.05, 0) is 29.8 Å². The van der Waals surface area contributed by atoms with E-state index in [0.29, 0.717) is 11.3 Å². The van der Waals surface area contributed by atoms with E-state index in [1.54, 1.807) is 30.3 Å². The Kier molecular flexibility index (Phi) is 3.69. The van der Waals surface area contributed by atoms with E-state index in [0.717, 1.165) is 26.1 Å². The van der Waals surface area contributed by atoms with E-state index in [2.05, 4.69) is 0 Å². The van der Waals surface area contributed by atoms with Crippen molar-refractivity contribution >= 4 is 5.91 Å². The monoisotopic (exact) mass is 375 g/mol. The van der Waals surface area contributed by atoms with Crippen molar-refractivity contribution in [1.82, 2.24) is 13.9 Å². The predicted molar refractivity (Wildman–Crippen MR) is 89.1 cm³/mol. The van der Waals surface area contributed by atoms with Gasteiger partial charge in [-0.1, -0.05) is 30.3 Å². The minimum atomic E-state index is -4.49. The zero-order valence-corrected chi connectivity index (χ0v) is 13.7. The Bertz CT molecular complexity index is 1140. The lowest BCUT2D eigenvalue weighted by Gasteiger charge is -2.12. The third-order valence-corrected chi connectivity index (χ3v) is 4.51. The predicted octanol–water partition coefficient (Wildman–Crippen LogP) is 2.45. The quantitative estimate of drug-likeness (QED) is 0.691. The van der Waals surface area contributed by atoms with Crippen molar-refractivity contribution in [2.45, 2.75) is 18.6 Å². The van der Waals surface area contributed by atoms with Gasteiger partial charge in [-0.15, -0.1) is 0 Å². The highest BCUT2D eigenvalue weighted by molar-refractivity contribution is 5.80. The second-order valence-electron chi connectivity index (χ2n) is 6.13. The third-order valence-electron chi connectivity index (χ3n) is 4.51. The number of carbonyl (C=O) groups excluding carboxylic acids is 1. The number of rotatable bonds is 2. The van der Waals surface area contributed by atoms with E-state index in [1.807, 2.05) is 0 Å². The summed E-state index contributed by atoms with van der Waals surface area (Å²) in [7, 11) is 0. The van der Waals surface area contributed by atoms with Gasteiger partial charge in [0.15, 0.2) is 0 Å². The van der Waals surface area contributed by atoms with Gasteiger partial charge in [0, 0.05) is 0 Å². The topological polar surface area (TPSA) is 66.0 Å². The molecule has 27 heavy (non-hydrogen) atoms. The molecule has 2 heterocycles. The normalized spacial score (nSPS) is 16.6. The van der Waals surface area contributed by atoms with Crippen molar-refractivity contribution in [3.05, 3.63) is 86.7 Å². The van der Waals surface area contributed by atoms with Crippen LogP contribution in [0.15, 0.2) is 64.2 Å². The molecule has 0 saturated heterocycles. The molecule has 4 rings (SSSR count). The average molecular weight is 375 g/mol. The summed E-state index contributed by atoms with van der Waals surface area (Å²) in [4.78, 5) is 37.7. The van der Waals surface area contributed by atoms with E-state index < -0.39 is 35.1 Å². The first-order valence-corrected chi connectivity index (χ1v) is 8.01. The Morgan fingerprint density at radius 3 is 2.07 bits per heavy atom. The zero-order chi connectivity index (χ0) is 19.3. The number of benzene rings is 2. The summed E-state index contributed by atoms with van der Waals surface area (Å²) in [6.45, 7) is 0. The summed E-state index contributed by atoms with van der Waals surface area (Å²) in [5, 5.41) is 0. The van der Waals surface area contributed by atoms with Crippen LogP contribution in [0.4, 0.5) is 13.2 Å². The van der Waals surface area contributed by atoms with Gasteiger partial charge in [-0.3, -0.25) is 4.79 Å². The Hall–Kier alpha value is -3.36.